The molecule has 4 heterocycles. The van der Waals surface area contributed by atoms with Crippen molar-refractivity contribution in [3.8, 4) is 0 Å². The number of fused-ring (bicyclic) bond motifs is 1. The van der Waals surface area contributed by atoms with E-state index in [4.69, 9.17) is 33.9 Å². The molecular formula is C29H30F3N4O10P. The molecule has 2 aromatic carbocycles. The number of hydrogen-bond acceptors (Lipinski definition) is 11. The number of aliphatic hydroxyl groups excluding tert-OH is 1. The Hall–Kier alpha value is -4.09. The van der Waals surface area contributed by atoms with Crippen LogP contribution in [0.2, 0.25) is 0 Å². The predicted molar refractivity (Wildman–Crippen MR) is 158 cm³/mol. The number of nitrogens with two attached hydrogens (primary N) is 1. The van der Waals surface area contributed by atoms with Crippen LogP contribution in [0.15, 0.2) is 77.7 Å². The first-order valence-electron chi connectivity index (χ1n) is 14.0. The van der Waals surface area contributed by atoms with Crippen LogP contribution in [0.3, 0.4) is 0 Å². The average Bonchev–Trinajstić information content (AvgIpc) is 3.54. The fraction of sp³-hybridized carbons (Fsp3) is 0.345. The molecule has 4 aromatic rings. The Morgan fingerprint density at radius 3 is 2.34 bits per heavy atom. The molecule has 7 atom stereocenters. The van der Waals surface area contributed by atoms with E-state index in [-0.39, 0.29) is 29.5 Å². The molecule has 2 aliphatic rings. The van der Waals surface area contributed by atoms with Crippen molar-refractivity contribution >= 4 is 30.8 Å². The molecule has 2 aliphatic heterocycles. The Morgan fingerprint density at radius 1 is 1.15 bits per heavy atom. The molecule has 0 spiro atoms. The number of aromatic amines is 1. The molecule has 0 saturated carbocycles. The van der Waals surface area contributed by atoms with Crippen molar-refractivity contribution < 1.29 is 56.2 Å². The summed E-state index contributed by atoms with van der Waals surface area (Å²) in [5, 5.41) is 29.5. The maximum absolute atomic E-state index is 13.6. The van der Waals surface area contributed by atoms with E-state index in [0.29, 0.717) is 0 Å². The maximum Gasteiger partial charge on any atom is 0.490 e. The average molecular weight is 683 g/mol. The van der Waals surface area contributed by atoms with Gasteiger partial charge in [0.15, 0.2) is 11.9 Å². The van der Waals surface area contributed by atoms with Gasteiger partial charge >= 0.3 is 20.0 Å². The summed E-state index contributed by atoms with van der Waals surface area (Å²) in [5.74, 6) is -3.10. The van der Waals surface area contributed by atoms with Crippen LogP contribution in [-0.4, -0.2) is 73.0 Å². The number of nitrogens with zero attached hydrogens (tertiary/aromatic N) is 2. The van der Waals surface area contributed by atoms with Gasteiger partial charge in [-0.1, -0.05) is 60.7 Å². The van der Waals surface area contributed by atoms with Gasteiger partial charge in [0, 0.05) is 12.1 Å². The summed E-state index contributed by atoms with van der Waals surface area (Å²) in [4.78, 5) is 27.7. The third-order valence-electron chi connectivity index (χ3n) is 7.62. The van der Waals surface area contributed by atoms with Crippen LogP contribution in [0.5, 0.6) is 0 Å². The van der Waals surface area contributed by atoms with Gasteiger partial charge in [-0.25, -0.2) is 9.36 Å². The number of rotatable bonds is 6. The molecule has 18 heteroatoms. The SMILES string of the molecule is C[C@@]1(O)[C@H](O)[C@@H](CO[P@@]2(=O)OC[C@@H](c3ccccc3)[C@@H](c3ccccc3)O2)O[C@H]1n1ccc2c(=O)[nH]c(N)nc21.O=C(O)C(F)(F)F. The van der Waals surface area contributed by atoms with Crippen molar-refractivity contribution in [3.05, 3.63) is 94.4 Å². The number of ether oxygens (including phenoxy) is 1. The standard InChI is InChI=1S/C27H29N4O8P.C2HF3O2/c1-27(34)22(32)20(38-25(27)31-13-12-18-23(31)29-26(28)30-24(18)33)15-37-40(35)36-14-19(16-8-4-2-5-9-16)21(39-40)17-10-6-3-7-11-17;3-2(4,5)1(6)7/h2-13,19-22,25,32,34H,14-15H2,1H3,(H3,28,29,30,33);(H,6,7)/t19-,20+,21+,22+,25+,27+,40+;/m0./s1. The summed E-state index contributed by atoms with van der Waals surface area (Å²) in [5.41, 5.74) is 5.37. The summed E-state index contributed by atoms with van der Waals surface area (Å²) in [6, 6.07) is 20.5. The molecule has 252 valence electrons. The number of benzene rings is 2. The number of phosphoric ester groups is 1. The van der Waals surface area contributed by atoms with E-state index in [1.807, 2.05) is 60.7 Å². The van der Waals surface area contributed by atoms with E-state index < -0.39 is 62.3 Å². The molecule has 0 bridgehead atoms. The van der Waals surface area contributed by atoms with Gasteiger partial charge in [-0.05, 0) is 24.1 Å². The normalized spacial score (nSPS) is 29.3. The van der Waals surface area contributed by atoms with Crippen LogP contribution >= 0.6 is 7.82 Å². The van der Waals surface area contributed by atoms with Crippen LogP contribution in [0, 0.1) is 0 Å². The van der Waals surface area contributed by atoms with Gasteiger partial charge in [0.2, 0.25) is 5.95 Å². The number of aromatic nitrogens is 3. The topological polar surface area (TPSA) is 208 Å². The molecule has 6 rings (SSSR count). The zero-order valence-electron chi connectivity index (χ0n) is 24.5. The summed E-state index contributed by atoms with van der Waals surface area (Å²) in [6.07, 6.45) is -7.92. The number of carboxylic acid groups (broad SMARTS) is 1. The number of halogens is 3. The van der Waals surface area contributed by atoms with Crippen LogP contribution in [0.25, 0.3) is 11.0 Å². The van der Waals surface area contributed by atoms with Crippen LogP contribution in [0.1, 0.15) is 36.3 Å². The lowest BCUT2D eigenvalue weighted by atomic mass is 9.90. The second-order valence-corrected chi connectivity index (χ2v) is 12.5. The number of carboxylic acids is 1. The number of hydrogen-bond donors (Lipinski definition) is 5. The molecule has 14 nitrogen and oxygen atoms in total. The van der Waals surface area contributed by atoms with E-state index in [2.05, 4.69) is 9.97 Å². The molecule has 0 aliphatic carbocycles. The van der Waals surface area contributed by atoms with E-state index in [9.17, 15) is 32.7 Å². The highest BCUT2D eigenvalue weighted by Gasteiger charge is 2.54. The molecule has 0 radical (unpaired) electrons. The van der Waals surface area contributed by atoms with Gasteiger partial charge in [0.25, 0.3) is 5.56 Å². The summed E-state index contributed by atoms with van der Waals surface area (Å²) >= 11 is 0. The quantitative estimate of drug-likeness (QED) is 0.185. The van der Waals surface area contributed by atoms with Crippen molar-refractivity contribution in [2.75, 3.05) is 18.9 Å². The number of nitrogens with one attached hydrogen (secondary N) is 1. The Labute approximate surface area is 264 Å². The lowest BCUT2D eigenvalue weighted by Gasteiger charge is -2.36. The van der Waals surface area contributed by atoms with Crippen molar-refractivity contribution in [3.63, 3.8) is 0 Å². The Kier molecular flexibility index (Phi) is 9.62. The molecule has 2 fully saturated rings. The highest BCUT2D eigenvalue weighted by atomic mass is 31.2. The summed E-state index contributed by atoms with van der Waals surface area (Å²) in [6.45, 7) is 1.06. The first kappa shape index (κ1) is 34.3. The van der Waals surface area contributed by atoms with Gasteiger partial charge in [-0.3, -0.25) is 23.3 Å². The lowest BCUT2D eigenvalue weighted by Crippen LogP contribution is -2.44. The second-order valence-electron chi connectivity index (χ2n) is 10.9. The van der Waals surface area contributed by atoms with Gasteiger partial charge in [-0.15, -0.1) is 0 Å². The van der Waals surface area contributed by atoms with Crippen LogP contribution < -0.4 is 11.3 Å². The third kappa shape index (κ3) is 7.26. The number of nitrogen functional groups attached to an aromatic ring is 1. The first-order chi connectivity index (χ1) is 22.1. The summed E-state index contributed by atoms with van der Waals surface area (Å²) in [7, 11) is -4.10. The van der Waals surface area contributed by atoms with E-state index in [0.717, 1.165) is 11.1 Å². The predicted octanol–water partition coefficient (Wildman–Crippen LogP) is 3.65. The Balaban J connectivity index is 0.000000559. The number of phosphoric acid groups is 1. The maximum atomic E-state index is 13.6. The number of aliphatic carboxylic acids is 1. The summed E-state index contributed by atoms with van der Waals surface area (Å²) < 4.78 is 70.1. The third-order valence-corrected chi connectivity index (χ3v) is 9.04. The monoisotopic (exact) mass is 682 g/mol. The van der Waals surface area contributed by atoms with Gasteiger partial charge < -0.3 is 30.4 Å². The van der Waals surface area contributed by atoms with E-state index in [1.54, 1.807) is 0 Å². The fourth-order valence-corrected chi connectivity index (χ4v) is 6.68. The molecule has 0 unspecified atom stereocenters. The highest BCUT2D eigenvalue weighted by molar-refractivity contribution is 7.48. The molecule has 2 saturated heterocycles. The minimum atomic E-state index is -5.08. The van der Waals surface area contributed by atoms with Gasteiger partial charge in [0.1, 0.15) is 23.9 Å². The zero-order chi connectivity index (χ0) is 34.1. The van der Waals surface area contributed by atoms with Crippen molar-refractivity contribution in [1.82, 2.24) is 14.5 Å². The largest absolute Gasteiger partial charge is 0.490 e. The Bertz CT molecular complexity index is 1820. The smallest absolute Gasteiger partial charge is 0.475 e. The first-order valence-corrected chi connectivity index (χ1v) is 15.5. The number of alkyl halides is 3. The number of aliphatic hydroxyl groups is 2. The van der Waals surface area contributed by atoms with Crippen molar-refractivity contribution in [2.45, 2.75) is 49.2 Å². The van der Waals surface area contributed by atoms with Gasteiger partial charge in [0.05, 0.1) is 18.6 Å². The van der Waals surface area contributed by atoms with E-state index >= 15 is 0 Å². The number of carbonyl (C=O) groups is 1. The highest BCUT2D eigenvalue weighted by Crippen LogP contribution is 2.60. The molecule has 2 aromatic heterocycles. The van der Waals surface area contributed by atoms with E-state index in [1.165, 1.54) is 23.8 Å². The Morgan fingerprint density at radius 2 is 1.74 bits per heavy atom. The fourth-order valence-electron chi connectivity index (χ4n) is 5.27. The minimum Gasteiger partial charge on any atom is -0.475 e. The lowest BCUT2D eigenvalue weighted by molar-refractivity contribution is -0.192. The molecule has 6 N–H and O–H groups in total. The van der Waals surface area contributed by atoms with Crippen molar-refractivity contribution in [1.29, 1.82) is 0 Å². The molecular weight excluding hydrogens is 652 g/mol. The second kappa shape index (κ2) is 13.2. The van der Waals surface area contributed by atoms with Crippen LogP contribution in [0.4, 0.5) is 19.1 Å². The van der Waals surface area contributed by atoms with Crippen LogP contribution in [-0.2, 0) is 27.7 Å². The molecule has 47 heavy (non-hydrogen) atoms. The number of H-pyrrole nitrogens is 1. The number of anilines is 1. The van der Waals surface area contributed by atoms with Gasteiger partial charge in [-0.2, -0.15) is 18.2 Å². The minimum absolute atomic E-state index is 0.0757. The molecule has 0 amide bonds. The van der Waals surface area contributed by atoms with Crippen molar-refractivity contribution in [2.24, 2.45) is 0 Å². The zero-order valence-corrected chi connectivity index (χ0v) is 25.4.